The number of ether oxygens (including phenoxy) is 2. The largest absolute Gasteiger partial charge is 0.488 e. The minimum atomic E-state index is -0.000845. The van der Waals surface area contributed by atoms with Crippen LogP contribution in [0.15, 0.2) is 12.1 Å². The van der Waals surface area contributed by atoms with Crippen LogP contribution in [-0.4, -0.2) is 29.8 Å². The summed E-state index contributed by atoms with van der Waals surface area (Å²) in [4.78, 5) is 0. The van der Waals surface area contributed by atoms with Gasteiger partial charge in [-0.25, -0.2) is 0 Å². The Bertz CT molecular complexity index is 515. The van der Waals surface area contributed by atoms with E-state index in [1.54, 1.807) is 12.1 Å². The molecule has 0 aliphatic carbocycles. The molecule has 0 saturated carbocycles. The first kappa shape index (κ1) is 15.6. The van der Waals surface area contributed by atoms with Crippen molar-refractivity contribution >= 4 is 40.7 Å². The van der Waals surface area contributed by atoms with Gasteiger partial charge in [-0.3, -0.25) is 0 Å². The molecule has 2 aliphatic heterocycles. The molecule has 2 N–H and O–H groups in total. The summed E-state index contributed by atoms with van der Waals surface area (Å²) in [6.07, 6.45) is 4.14. The van der Waals surface area contributed by atoms with Crippen LogP contribution in [0.3, 0.4) is 0 Å². The molecule has 1 aromatic carbocycles. The highest BCUT2D eigenvalue weighted by Gasteiger charge is 2.39. The number of hydrogen-bond donors (Lipinski definition) is 1. The van der Waals surface area contributed by atoms with E-state index in [2.05, 4.69) is 0 Å². The van der Waals surface area contributed by atoms with E-state index in [0.29, 0.717) is 21.5 Å². The van der Waals surface area contributed by atoms with Crippen molar-refractivity contribution in [2.24, 2.45) is 0 Å². The molecule has 3 rings (SSSR count). The third-order valence-electron chi connectivity index (χ3n) is 4.20. The van der Waals surface area contributed by atoms with Gasteiger partial charge in [0, 0.05) is 18.9 Å². The van der Waals surface area contributed by atoms with Crippen molar-refractivity contribution < 1.29 is 9.47 Å². The zero-order valence-electron chi connectivity index (χ0n) is 11.7. The number of halogens is 2. The number of benzene rings is 1. The lowest BCUT2D eigenvalue weighted by molar-refractivity contribution is -0.116. The Morgan fingerprint density at radius 2 is 1.95 bits per heavy atom. The molecule has 2 fully saturated rings. The van der Waals surface area contributed by atoms with Crippen molar-refractivity contribution in [3.8, 4) is 5.75 Å². The fourth-order valence-corrected chi connectivity index (χ4v) is 4.56. The van der Waals surface area contributed by atoms with E-state index in [1.165, 1.54) is 11.5 Å². The number of anilines is 1. The van der Waals surface area contributed by atoms with Crippen molar-refractivity contribution in [2.45, 2.75) is 37.4 Å². The predicted molar refractivity (Wildman–Crippen MR) is 89.8 cm³/mol. The normalized spacial score (nSPS) is 25.0. The summed E-state index contributed by atoms with van der Waals surface area (Å²) in [6, 6.07) is 3.35. The van der Waals surface area contributed by atoms with Gasteiger partial charge in [0.05, 0.1) is 27.9 Å². The summed E-state index contributed by atoms with van der Waals surface area (Å²) in [7, 11) is 0. The van der Waals surface area contributed by atoms with Gasteiger partial charge in [-0.15, -0.1) is 0 Å². The molecule has 3 nitrogen and oxygen atoms in total. The van der Waals surface area contributed by atoms with Crippen LogP contribution in [-0.2, 0) is 4.74 Å². The molecule has 6 heteroatoms. The average molecular weight is 348 g/mol. The molecule has 2 saturated heterocycles. The number of rotatable bonds is 2. The van der Waals surface area contributed by atoms with Crippen LogP contribution in [0.5, 0.6) is 5.75 Å². The highest BCUT2D eigenvalue weighted by Crippen LogP contribution is 2.40. The topological polar surface area (TPSA) is 44.5 Å². The van der Waals surface area contributed by atoms with E-state index in [1.807, 2.05) is 11.8 Å². The average Bonchev–Trinajstić information content (AvgIpc) is 2.46. The van der Waals surface area contributed by atoms with Crippen LogP contribution in [0.1, 0.15) is 25.7 Å². The fraction of sp³-hybridized carbons (Fsp3) is 0.600. The van der Waals surface area contributed by atoms with Crippen LogP contribution >= 0.6 is 35.0 Å². The Balaban J connectivity index is 1.71. The second kappa shape index (κ2) is 6.45. The van der Waals surface area contributed by atoms with Crippen molar-refractivity contribution in [1.29, 1.82) is 0 Å². The summed E-state index contributed by atoms with van der Waals surface area (Å²) in [6.45, 7) is 0.747. The SMILES string of the molecule is Nc1cc(Cl)c(Cl)cc1OC1CCOC2(CCSCC2)C1. The maximum absolute atomic E-state index is 6.09. The molecule has 0 aromatic heterocycles. The van der Waals surface area contributed by atoms with Gasteiger partial charge in [-0.1, -0.05) is 23.2 Å². The third kappa shape index (κ3) is 3.55. The van der Waals surface area contributed by atoms with Gasteiger partial charge in [-0.05, 0) is 30.4 Å². The first-order valence-corrected chi connectivity index (χ1v) is 9.12. The summed E-state index contributed by atoms with van der Waals surface area (Å²) in [5.41, 5.74) is 6.51. The molecule has 1 atom stereocenters. The lowest BCUT2D eigenvalue weighted by Gasteiger charge is -2.43. The Labute approximate surface area is 139 Å². The smallest absolute Gasteiger partial charge is 0.144 e. The summed E-state index contributed by atoms with van der Waals surface area (Å²) in [5, 5.41) is 0.922. The quantitative estimate of drug-likeness (QED) is 0.805. The standard InChI is InChI=1S/C15H19Cl2NO2S/c16-11-7-13(18)14(8-12(11)17)20-10-1-4-19-15(9-10)2-5-21-6-3-15/h7-8,10H,1-6,9,18H2. The number of nitrogen functional groups attached to an aromatic ring is 1. The van der Waals surface area contributed by atoms with Gasteiger partial charge in [0.25, 0.3) is 0 Å². The predicted octanol–water partition coefficient (Wildman–Crippen LogP) is 4.40. The molecule has 0 radical (unpaired) electrons. The van der Waals surface area contributed by atoms with E-state index >= 15 is 0 Å². The van der Waals surface area contributed by atoms with Crippen LogP contribution in [0.4, 0.5) is 5.69 Å². The third-order valence-corrected chi connectivity index (χ3v) is 5.91. The second-order valence-corrected chi connectivity index (χ2v) is 7.72. The second-order valence-electron chi connectivity index (χ2n) is 5.68. The molecule has 2 aliphatic rings. The van der Waals surface area contributed by atoms with E-state index in [4.69, 9.17) is 38.4 Å². The maximum atomic E-state index is 6.09. The molecule has 21 heavy (non-hydrogen) atoms. The minimum absolute atomic E-state index is 0.000845. The first-order valence-electron chi connectivity index (χ1n) is 7.21. The molecule has 0 amide bonds. The molecular formula is C15H19Cl2NO2S. The zero-order chi connectivity index (χ0) is 14.9. The van der Waals surface area contributed by atoms with Crippen molar-refractivity contribution in [2.75, 3.05) is 23.8 Å². The van der Waals surface area contributed by atoms with Crippen LogP contribution < -0.4 is 10.5 Å². The first-order chi connectivity index (χ1) is 10.1. The van der Waals surface area contributed by atoms with Crippen molar-refractivity contribution in [3.05, 3.63) is 22.2 Å². The van der Waals surface area contributed by atoms with Gasteiger partial charge in [0.15, 0.2) is 0 Å². The van der Waals surface area contributed by atoms with Gasteiger partial charge >= 0.3 is 0 Å². The van der Waals surface area contributed by atoms with Gasteiger partial charge in [0.1, 0.15) is 11.9 Å². The van der Waals surface area contributed by atoms with E-state index in [0.717, 1.165) is 32.3 Å². The van der Waals surface area contributed by atoms with Crippen LogP contribution in [0, 0.1) is 0 Å². The van der Waals surface area contributed by atoms with Crippen LogP contribution in [0.2, 0.25) is 10.0 Å². The molecular weight excluding hydrogens is 329 g/mol. The minimum Gasteiger partial charge on any atom is -0.488 e. The molecule has 1 unspecified atom stereocenters. The summed E-state index contributed by atoms with van der Waals surface area (Å²) in [5.74, 6) is 2.96. The zero-order valence-corrected chi connectivity index (χ0v) is 14.1. The van der Waals surface area contributed by atoms with E-state index in [-0.39, 0.29) is 11.7 Å². The molecule has 0 bridgehead atoms. The lowest BCUT2D eigenvalue weighted by atomic mass is 9.86. The summed E-state index contributed by atoms with van der Waals surface area (Å²) < 4.78 is 12.2. The summed E-state index contributed by atoms with van der Waals surface area (Å²) >= 11 is 14.0. The Morgan fingerprint density at radius 1 is 1.24 bits per heavy atom. The van der Waals surface area contributed by atoms with E-state index < -0.39 is 0 Å². The molecule has 116 valence electrons. The number of hydrogen-bond acceptors (Lipinski definition) is 4. The molecule has 1 aromatic rings. The Kier molecular flexibility index (Phi) is 4.79. The number of thioether (sulfide) groups is 1. The highest BCUT2D eigenvalue weighted by molar-refractivity contribution is 7.99. The van der Waals surface area contributed by atoms with Gasteiger partial charge in [-0.2, -0.15) is 11.8 Å². The monoisotopic (exact) mass is 347 g/mol. The lowest BCUT2D eigenvalue weighted by Crippen LogP contribution is -2.46. The van der Waals surface area contributed by atoms with Crippen molar-refractivity contribution in [1.82, 2.24) is 0 Å². The molecule has 1 spiro atoms. The molecule has 2 heterocycles. The van der Waals surface area contributed by atoms with Crippen molar-refractivity contribution in [3.63, 3.8) is 0 Å². The Morgan fingerprint density at radius 3 is 2.71 bits per heavy atom. The number of nitrogens with two attached hydrogens (primary N) is 1. The van der Waals surface area contributed by atoms with E-state index in [9.17, 15) is 0 Å². The Hall–Kier alpha value is -0.290. The van der Waals surface area contributed by atoms with Gasteiger partial charge in [0.2, 0.25) is 0 Å². The highest BCUT2D eigenvalue weighted by atomic mass is 35.5. The van der Waals surface area contributed by atoms with Gasteiger partial charge < -0.3 is 15.2 Å². The van der Waals surface area contributed by atoms with Crippen LogP contribution in [0.25, 0.3) is 0 Å². The maximum Gasteiger partial charge on any atom is 0.144 e. The fourth-order valence-electron chi connectivity index (χ4n) is 3.00.